The van der Waals surface area contributed by atoms with E-state index in [1.54, 1.807) is 15.9 Å². The Morgan fingerprint density at radius 2 is 1.05 bits per heavy atom. The maximum absolute atomic E-state index is 10.0. The van der Waals surface area contributed by atoms with Crippen molar-refractivity contribution in [2.75, 3.05) is 0 Å². The maximum Gasteiger partial charge on any atom is 0.0645 e. The van der Waals surface area contributed by atoms with Crippen LogP contribution in [0, 0.1) is 0 Å². The third kappa shape index (κ3) is 4.89. The van der Waals surface area contributed by atoms with Gasteiger partial charge in [-0.1, -0.05) is 158 Å². The average molecular weight is 750 g/mol. The Bertz CT molecular complexity index is 3930. The van der Waals surface area contributed by atoms with Gasteiger partial charge in [0.2, 0.25) is 0 Å². The van der Waals surface area contributed by atoms with Gasteiger partial charge in [-0.05, 0) is 70.7 Å². The van der Waals surface area contributed by atoms with Crippen molar-refractivity contribution in [2.45, 2.75) is 0 Å². The van der Waals surface area contributed by atoms with Gasteiger partial charge in [-0.15, -0.1) is 11.3 Å². The predicted octanol–water partition coefficient (Wildman–Crippen LogP) is 15.2. The summed E-state index contributed by atoms with van der Waals surface area (Å²) in [5, 5.41) is 4.28. The molecule has 0 aliphatic rings. The van der Waals surface area contributed by atoms with Gasteiger partial charge in [0.15, 0.2) is 0 Å². The highest BCUT2D eigenvalue weighted by molar-refractivity contribution is 7.26. The fourth-order valence-corrected chi connectivity index (χ4v) is 9.87. The molecule has 57 heavy (non-hydrogen) atoms. The molecule has 0 unspecified atom stereocenters. The van der Waals surface area contributed by atoms with Gasteiger partial charge in [-0.3, -0.25) is 0 Å². The predicted molar refractivity (Wildman–Crippen MR) is 244 cm³/mol. The van der Waals surface area contributed by atoms with E-state index in [2.05, 4.69) is 77.4 Å². The second kappa shape index (κ2) is 12.7. The van der Waals surface area contributed by atoms with Crippen LogP contribution in [0.1, 0.15) is 9.60 Å². The first-order valence-corrected chi connectivity index (χ1v) is 19.8. The average Bonchev–Trinajstić information content (AvgIpc) is 4.01. The van der Waals surface area contributed by atoms with Crippen LogP contribution in [0.15, 0.2) is 206 Å². The van der Waals surface area contributed by atoms with Crippen molar-refractivity contribution >= 4 is 75.1 Å². The highest BCUT2D eigenvalue weighted by atomic mass is 32.1. The minimum atomic E-state index is -0.418. The molecule has 0 amide bonds. The van der Waals surface area contributed by atoms with Gasteiger partial charge in [0.25, 0.3) is 0 Å². The van der Waals surface area contributed by atoms with Crippen molar-refractivity contribution in [3.8, 4) is 44.8 Å². The maximum atomic E-state index is 10.0. The summed E-state index contributed by atoms with van der Waals surface area (Å²) in [5.74, 6) is 0. The Hall–Kier alpha value is -7.20. The molecule has 3 heteroatoms. The lowest BCUT2D eigenvalue weighted by molar-refractivity contribution is 1.18. The van der Waals surface area contributed by atoms with E-state index in [1.807, 2.05) is 91.0 Å². The molecule has 0 saturated carbocycles. The summed E-state index contributed by atoms with van der Waals surface area (Å²) >= 11 is 1.57. The highest BCUT2D eigenvalue weighted by Crippen LogP contribution is 2.44. The van der Waals surface area contributed by atoms with Crippen LogP contribution in [-0.4, -0.2) is 9.13 Å². The lowest BCUT2D eigenvalue weighted by atomic mass is 9.99. The lowest BCUT2D eigenvalue weighted by Crippen LogP contribution is -1.98. The second-order valence-electron chi connectivity index (χ2n) is 14.3. The zero-order chi connectivity index (χ0) is 43.5. The van der Waals surface area contributed by atoms with Gasteiger partial charge >= 0.3 is 0 Å². The molecule has 3 heterocycles. The van der Waals surface area contributed by atoms with E-state index >= 15 is 0 Å². The standard InChI is InChI=1S/C54H34N2S/c1-3-15-35(16-4-1)39-19-7-10-25-47(39)56-50-32-30-38(34-46(50)43-23-13-22-40(53(43)56)36-17-5-2-6-18-36)37-29-31-49-45(33-37)41-20-8-11-26-48(41)55(49)51-27-14-24-44-42-21-9-12-28-52(42)57-54(44)51/h1-34H/i8D,11D,20D,26D,29D,31D,33D. The molecule has 0 atom stereocenters. The number of hydrogen-bond donors (Lipinski definition) is 0. The minimum Gasteiger partial charge on any atom is -0.308 e. The molecule has 0 saturated heterocycles. The lowest BCUT2D eigenvalue weighted by Gasteiger charge is -2.16. The van der Waals surface area contributed by atoms with Gasteiger partial charge in [-0.25, -0.2) is 0 Å². The summed E-state index contributed by atoms with van der Waals surface area (Å²) in [6.45, 7) is 0. The Morgan fingerprint density at radius 3 is 1.93 bits per heavy atom. The van der Waals surface area contributed by atoms with Crippen molar-refractivity contribution in [3.05, 3.63) is 206 Å². The highest BCUT2D eigenvalue weighted by Gasteiger charge is 2.21. The molecule has 2 nitrogen and oxygen atoms in total. The van der Waals surface area contributed by atoms with Gasteiger partial charge in [0.1, 0.15) is 0 Å². The van der Waals surface area contributed by atoms with Gasteiger partial charge < -0.3 is 9.13 Å². The topological polar surface area (TPSA) is 9.86 Å². The summed E-state index contributed by atoms with van der Waals surface area (Å²) in [4.78, 5) is 0. The van der Waals surface area contributed by atoms with Gasteiger partial charge in [0, 0.05) is 48.1 Å². The molecule has 12 rings (SSSR count). The molecule has 0 bridgehead atoms. The van der Waals surface area contributed by atoms with Crippen molar-refractivity contribution in [1.29, 1.82) is 0 Å². The minimum absolute atomic E-state index is 0.0733. The van der Waals surface area contributed by atoms with E-state index in [-0.39, 0.29) is 57.6 Å². The first-order chi connectivity index (χ1) is 31.2. The smallest absolute Gasteiger partial charge is 0.0645 e. The Labute approximate surface area is 343 Å². The number of hydrogen-bond acceptors (Lipinski definition) is 1. The third-order valence-electron chi connectivity index (χ3n) is 11.2. The van der Waals surface area contributed by atoms with Crippen LogP contribution in [0.4, 0.5) is 0 Å². The number of rotatable bonds is 5. The summed E-state index contributed by atoms with van der Waals surface area (Å²) in [7, 11) is 0. The Kier molecular flexibility index (Phi) is 5.74. The van der Waals surface area contributed by atoms with Crippen LogP contribution in [0.2, 0.25) is 0 Å². The molecule has 3 aromatic heterocycles. The molecule has 0 spiro atoms. The number of para-hydroxylation sites is 3. The zero-order valence-electron chi connectivity index (χ0n) is 37.4. The van der Waals surface area contributed by atoms with E-state index in [9.17, 15) is 6.85 Å². The summed E-state index contributed by atoms with van der Waals surface area (Å²) in [6, 6.07) is 53.4. The molecule has 12 aromatic rings. The summed E-state index contributed by atoms with van der Waals surface area (Å²) in [5.41, 5.74) is 8.97. The number of aromatic nitrogens is 2. The second-order valence-corrected chi connectivity index (χ2v) is 15.4. The van der Waals surface area contributed by atoms with Gasteiger partial charge in [-0.2, -0.15) is 0 Å². The normalized spacial score (nSPS) is 13.6. The molecule has 266 valence electrons. The Balaban J connectivity index is 1.18. The number of benzene rings is 9. The van der Waals surface area contributed by atoms with Crippen LogP contribution in [0.25, 0.3) is 109 Å². The fourth-order valence-electron chi connectivity index (χ4n) is 8.66. The molecule has 0 radical (unpaired) electrons. The van der Waals surface area contributed by atoms with E-state index < -0.39 is 12.1 Å². The van der Waals surface area contributed by atoms with Crippen LogP contribution in [-0.2, 0) is 0 Å². The van der Waals surface area contributed by atoms with E-state index in [4.69, 9.17) is 2.74 Å². The molecule has 0 aliphatic heterocycles. The van der Waals surface area contributed by atoms with Crippen LogP contribution >= 0.6 is 11.3 Å². The van der Waals surface area contributed by atoms with Crippen LogP contribution < -0.4 is 0 Å². The number of nitrogens with zero attached hydrogens (tertiary/aromatic N) is 2. The van der Waals surface area contributed by atoms with Gasteiger partial charge in [0.05, 0.1) is 47.7 Å². The van der Waals surface area contributed by atoms with Crippen molar-refractivity contribution in [3.63, 3.8) is 0 Å². The monoisotopic (exact) mass is 749 g/mol. The van der Waals surface area contributed by atoms with Crippen LogP contribution in [0.5, 0.6) is 0 Å². The summed E-state index contributed by atoms with van der Waals surface area (Å²) < 4.78 is 71.6. The van der Waals surface area contributed by atoms with E-state index in [1.165, 1.54) is 0 Å². The summed E-state index contributed by atoms with van der Waals surface area (Å²) in [6.07, 6.45) is 0. The van der Waals surface area contributed by atoms with Crippen molar-refractivity contribution in [1.82, 2.24) is 9.13 Å². The number of fused-ring (bicyclic) bond motifs is 9. The molecule has 0 fully saturated rings. The van der Waals surface area contributed by atoms with Crippen molar-refractivity contribution in [2.24, 2.45) is 0 Å². The first-order valence-electron chi connectivity index (χ1n) is 22.5. The number of thiophene rings is 1. The zero-order valence-corrected chi connectivity index (χ0v) is 31.2. The van der Waals surface area contributed by atoms with Crippen LogP contribution in [0.3, 0.4) is 0 Å². The third-order valence-corrected chi connectivity index (χ3v) is 12.4. The first kappa shape index (κ1) is 25.8. The molecule has 9 aromatic carbocycles. The van der Waals surface area contributed by atoms with E-state index in [0.717, 1.165) is 69.9 Å². The molecular weight excluding hydrogens is 709 g/mol. The SMILES string of the molecule is [2H]c1c([2H])c([2H])c2c(c1[2H])c1c([2H])c(-c3ccc4c(c3)c3cccc(-c5ccccc5)c3n4-c3ccccc3-c3ccccc3)c([2H])c([2H])c1n2-c1cccc2c1sc1ccccc12. The largest absolute Gasteiger partial charge is 0.308 e. The Morgan fingerprint density at radius 1 is 0.386 bits per heavy atom. The quantitative estimate of drug-likeness (QED) is 0.166. The van der Waals surface area contributed by atoms with E-state index in [0.29, 0.717) is 11.3 Å². The molecule has 0 aliphatic carbocycles. The van der Waals surface area contributed by atoms with Crippen molar-refractivity contribution < 1.29 is 9.60 Å². The molecular formula is C54H34N2S. The molecule has 0 N–H and O–H groups in total. The fraction of sp³-hybridized carbons (Fsp3) is 0.